The molecule has 1 aromatic carbocycles. The minimum Gasteiger partial charge on any atom is -0.491 e. The second kappa shape index (κ2) is 10.2. The van der Waals surface area contributed by atoms with Crippen molar-refractivity contribution >= 4 is 18.3 Å². The van der Waals surface area contributed by atoms with Gasteiger partial charge in [-0.05, 0) is 44.1 Å². The Balaban J connectivity index is 0.00000243. The second-order valence-corrected chi connectivity index (χ2v) is 6.14. The highest BCUT2D eigenvalue weighted by Gasteiger charge is 2.20. The van der Waals surface area contributed by atoms with Gasteiger partial charge in [-0.1, -0.05) is 18.2 Å². The fourth-order valence-electron chi connectivity index (χ4n) is 3.20. The average Bonchev–Trinajstić information content (AvgIpc) is 3.15. The normalized spacial score (nSPS) is 14.5. The Kier molecular flexibility index (Phi) is 7.97. The van der Waals surface area contributed by atoms with Crippen LogP contribution in [0.25, 0.3) is 0 Å². The van der Waals surface area contributed by atoms with Crippen molar-refractivity contribution in [2.45, 2.75) is 25.4 Å². The molecular formula is C19H26ClN3O3. The van der Waals surface area contributed by atoms with E-state index in [1.54, 1.807) is 0 Å². The van der Waals surface area contributed by atoms with Gasteiger partial charge in [-0.15, -0.1) is 12.4 Å². The molecule has 1 amide bonds. The SMILES string of the molecule is Cl.O=C(NCc1ccccc1OCCO)c1cccn1C1CCNCC1. The van der Waals surface area contributed by atoms with Crippen LogP contribution in [0.1, 0.15) is 34.9 Å². The number of halogens is 1. The topological polar surface area (TPSA) is 75.5 Å². The summed E-state index contributed by atoms with van der Waals surface area (Å²) in [5.41, 5.74) is 1.59. The van der Waals surface area contributed by atoms with E-state index in [4.69, 9.17) is 9.84 Å². The van der Waals surface area contributed by atoms with E-state index < -0.39 is 0 Å². The van der Waals surface area contributed by atoms with Gasteiger partial charge in [0.15, 0.2) is 0 Å². The Morgan fingerprint density at radius 3 is 2.77 bits per heavy atom. The van der Waals surface area contributed by atoms with Gasteiger partial charge < -0.3 is 25.0 Å². The van der Waals surface area contributed by atoms with E-state index in [-0.39, 0.29) is 31.5 Å². The monoisotopic (exact) mass is 379 g/mol. The minimum atomic E-state index is -0.0829. The molecular weight excluding hydrogens is 354 g/mol. The van der Waals surface area contributed by atoms with E-state index in [2.05, 4.69) is 15.2 Å². The first-order chi connectivity index (χ1) is 12.3. The van der Waals surface area contributed by atoms with Gasteiger partial charge in [-0.2, -0.15) is 0 Å². The van der Waals surface area contributed by atoms with E-state index in [0.29, 0.717) is 24.0 Å². The van der Waals surface area contributed by atoms with E-state index in [9.17, 15) is 4.79 Å². The Labute approximate surface area is 160 Å². The summed E-state index contributed by atoms with van der Waals surface area (Å²) in [6.45, 7) is 2.56. The number of carbonyl (C=O) groups excluding carboxylic acids is 1. The number of aliphatic hydroxyl groups excluding tert-OH is 1. The molecule has 0 aliphatic carbocycles. The summed E-state index contributed by atoms with van der Waals surface area (Å²) < 4.78 is 7.60. The third-order valence-electron chi connectivity index (χ3n) is 4.47. The first-order valence-electron chi connectivity index (χ1n) is 8.77. The van der Waals surface area contributed by atoms with Crippen molar-refractivity contribution in [3.8, 4) is 5.75 Å². The maximum atomic E-state index is 12.6. The van der Waals surface area contributed by atoms with Crippen molar-refractivity contribution in [1.82, 2.24) is 15.2 Å². The average molecular weight is 380 g/mol. The number of benzene rings is 1. The lowest BCUT2D eigenvalue weighted by atomic mass is 10.1. The number of para-hydroxylation sites is 1. The molecule has 3 rings (SSSR count). The lowest BCUT2D eigenvalue weighted by Crippen LogP contribution is -2.32. The highest BCUT2D eigenvalue weighted by atomic mass is 35.5. The number of aromatic nitrogens is 1. The molecule has 0 unspecified atom stereocenters. The molecule has 0 bridgehead atoms. The van der Waals surface area contributed by atoms with E-state index in [0.717, 1.165) is 31.5 Å². The van der Waals surface area contributed by atoms with Gasteiger partial charge in [0.05, 0.1) is 6.61 Å². The summed E-state index contributed by atoms with van der Waals surface area (Å²) in [4.78, 5) is 12.6. The summed E-state index contributed by atoms with van der Waals surface area (Å²) in [5.74, 6) is 0.603. The van der Waals surface area contributed by atoms with E-state index in [1.807, 2.05) is 42.6 Å². The number of nitrogens with one attached hydrogen (secondary N) is 2. The number of hydrogen-bond acceptors (Lipinski definition) is 4. The lowest BCUT2D eigenvalue weighted by molar-refractivity contribution is 0.0937. The molecule has 3 N–H and O–H groups in total. The molecule has 0 radical (unpaired) electrons. The number of amides is 1. The number of rotatable bonds is 7. The number of ether oxygens (including phenoxy) is 1. The van der Waals surface area contributed by atoms with Crippen molar-refractivity contribution in [2.24, 2.45) is 0 Å². The van der Waals surface area contributed by atoms with Crippen molar-refractivity contribution in [2.75, 3.05) is 26.3 Å². The molecule has 6 nitrogen and oxygen atoms in total. The molecule has 142 valence electrons. The van der Waals surface area contributed by atoms with Gasteiger partial charge in [0.2, 0.25) is 0 Å². The van der Waals surface area contributed by atoms with Crippen molar-refractivity contribution in [3.05, 3.63) is 53.9 Å². The van der Waals surface area contributed by atoms with Crippen LogP contribution in [0.2, 0.25) is 0 Å². The number of nitrogens with zero attached hydrogens (tertiary/aromatic N) is 1. The molecule has 1 aliphatic heterocycles. The summed E-state index contributed by atoms with van der Waals surface area (Å²) in [7, 11) is 0. The summed E-state index contributed by atoms with van der Waals surface area (Å²) in [5, 5.41) is 15.2. The number of hydrogen-bond donors (Lipinski definition) is 3. The lowest BCUT2D eigenvalue weighted by Gasteiger charge is -2.26. The largest absolute Gasteiger partial charge is 0.491 e. The molecule has 2 heterocycles. The van der Waals surface area contributed by atoms with Gasteiger partial charge in [0, 0.05) is 24.3 Å². The summed E-state index contributed by atoms with van der Waals surface area (Å²) in [6.07, 6.45) is 4.06. The Bertz CT molecular complexity index is 699. The fourth-order valence-corrected chi connectivity index (χ4v) is 3.20. The van der Waals surface area contributed by atoms with Crippen molar-refractivity contribution in [3.63, 3.8) is 0 Å². The zero-order chi connectivity index (χ0) is 17.5. The van der Waals surface area contributed by atoms with E-state index in [1.165, 1.54) is 0 Å². The predicted molar refractivity (Wildman–Crippen MR) is 103 cm³/mol. The van der Waals surface area contributed by atoms with Crippen LogP contribution in [0, 0.1) is 0 Å². The zero-order valence-electron chi connectivity index (χ0n) is 14.7. The van der Waals surface area contributed by atoms with E-state index >= 15 is 0 Å². The first-order valence-corrected chi connectivity index (χ1v) is 8.77. The van der Waals surface area contributed by atoms with Crippen LogP contribution < -0.4 is 15.4 Å². The molecule has 1 saturated heterocycles. The highest BCUT2D eigenvalue weighted by Crippen LogP contribution is 2.22. The molecule has 0 saturated carbocycles. The van der Waals surface area contributed by atoms with Gasteiger partial charge in [0.25, 0.3) is 5.91 Å². The Morgan fingerprint density at radius 1 is 1.23 bits per heavy atom. The van der Waals surface area contributed by atoms with Crippen molar-refractivity contribution in [1.29, 1.82) is 0 Å². The van der Waals surface area contributed by atoms with Gasteiger partial charge in [-0.25, -0.2) is 0 Å². The first kappa shape index (κ1) is 20.3. The molecule has 7 heteroatoms. The second-order valence-electron chi connectivity index (χ2n) is 6.14. The Hall–Kier alpha value is -2.02. The minimum absolute atomic E-state index is 0. The smallest absolute Gasteiger partial charge is 0.268 e. The van der Waals surface area contributed by atoms with Crippen LogP contribution in [0.5, 0.6) is 5.75 Å². The third kappa shape index (κ3) is 5.00. The third-order valence-corrected chi connectivity index (χ3v) is 4.47. The van der Waals surface area contributed by atoms with Gasteiger partial charge >= 0.3 is 0 Å². The van der Waals surface area contributed by atoms with Crippen LogP contribution in [-0.4, -0.2) is 41.9 Å². The fraction of sp³-hybridized carbons (Fsp3) is 0.421. The van der Waals surface area contributed by atoms with Crippen LogP contribution in [0.4, 0.5) is 0 Å². The maximum Gasteiger partial charge on any atom is 0.268 e. The molecule has 2 aromatic rings. The standard InChI is InChI=1S/C19H25N3O3.ClH/c23-12-13-25-18-6-2-1-4-15(18)14-21-19(24)17-5-3-11-22(17)16-7-9-20-10-8-16;/h1-6,11,16,20,23H,7-10,12-14H2,(H,21,24);1H. The van der Waals surface area contributed by atoms with Gasteiger partial charge in [-0.3, -0.25) is 4.79 Å². The van der Waals surface area contributed by atoms with Crippen LogP contribution in [0.15, 0.2) is 42.6 Å². The quantitative estimate of drug-likeness (QED) is 0.689. The summed E-state index contributed by atoms with van der Waals surface area (Å²) in [6, 6.07) is 11.7. The zero-order valence-corrected chi connectivity index (χ0v) is 15.5. The molecule has 1 aliphatic rings. The van der Waals surface area contributed by atoms with Crippen molar-refractivity contribution < 1.29 is 14.6 Å². The summed E-state index contributed by atoms with van der Waals surface area (Å²) >= 11 is 0. The maximum absolute atomic E-state index is 12.6. The highest BCUT2D eigenvalue weighted by molar-refractivity contribution is 5.92. The molecule has 1 aromatic heterocycles. The number of carbonyl (C=O) groups is 1. The van der Waals surface area contributed by atoms with Crippen LogP contribution in [-0.2, 0) is 6.54 Å². The number of piperidine rings is 1. The molecule has 0 atom stereocenters. The number of aliphatic hydroxyl groups is 1. The molecule has 26 heavy (non-hydrogen) atoms. The predicted octanol–water partition coefficient (Wildman–Crippen LogP) is 2.14. The van der Waals surface area contributed by atoms with Crippen LogP contribution in [0.3, 0.4) is 0 Å². The Morgan fingerprint density at radius 2 is 2.00 bits per heavy atom. The molecule has 0 spiro atoms. The van der Waals surface area contributed by atoms with Gasteiger partial charge in [0.1, 0.15) is 18.1 Å². The molecule has 1 fully saturated rings. The van der Waals surface area contributed by atoms with Crippen LogP contribution >= 0.6 is 12.4 Å².